The van der Waals surface area contributed by atoms with Gasteiger partial charge in [-0.3, -0.25) is 4.99 Å². The molecular weight excluding hydrogens is 202 g/mol. The smallest absolute Gasteiger partial charge is 0.166 e. The van der Waals surface area contributed by atoms with Gasteiger partial charge in [0, 0.05) is 12.2 Å². The lowest BCUT2D eigenvalue weighted by atomic mass is 10.2. The molecule has 3 rings (SSSR count). The number of aromatic nitrogens is 3. The SMILES string of the molecule is Cc1nc2c(C3=NCCN3)ccc(C)n2n1. The lowest BCUT2D eigenvalue weighted by Gasteiger charge is -2.05. The van der Waals surface area contributed by atoms with E-state index in [0.717, 1.165) is 41.7 Å². The van der Waals surface area contributed by atoms with Gasteiger partial charge in [0.15, 0.2) is 5.65 Å². The van der Waals surface area contributed by atoms with E-state index in [-0.39, 0.29) is 0 Å². The Balaban J connectivity index is 2.28. The molecule has 1 aliphatic heterocycles. The highest BCUT2D eigenvalue weighted by Gasteiger charge is 2.14. The molecule has 0 aliphatic carbocycles. The highest BCUT2D eigenvalue weighted by molar-refractivity contribution is 6.04. The van der Waals surface area contributed by atoms with Crippen LogP contribution in [-0.2, 0) is 0 Å². The average Bonchev–Trinajstić information content (AvgIpc) is 2.87. The van der Waals surface area contributed by atoms with Gasteiger partial charge in [-0.1, -0.05) is 0 Å². The lowest BCUT2D eigenvalue weighted by Crippen LogP contribution is -2.20. The van der Waals surface area contributed by atoms with Gasteiger partial charge in [-0.25, -0.2) is 9.50 Å². The van der Waals surface area contributed by atoms with E-state index in [2.05, 4.69) is 26.5 Å². The first-order chi connectivity index (χ1) is 7.75. The molecule has 5 nitrogen and oxygen atoms in total. The van der Waals surface area contributed by atoms with Crippen molar-refractivity contribution in [2.45, 2.75) is 13.8 Å². The molecule has 82 valence electrons. The van der Waals surface area contributed by atoms with Gasteiger partial charge in [0.05, 0.1) is 12.1 Å². The number of pyridine rings is 1. The van der Waals surface area contributed by atoms with Crippen LogP contribution >= 0.6 is 0 Å². The van der Waals surface area contributed by atoms with Gasteiger partial charge in [-0.05, 0) is 26.0 Å². The van der Waals surface area contributed by atoms with Crippen molar-refractivity contribution in [3.8, 4) is 0 Å². The molecule has 0 saturated heterocycles. The normalized spacial score (nSPS) is 15.2. The van der Waals surface area contributed by atoms with Gasteiger partial charge in [0.1, 0.15) is 11.7 Å². The quantitative estimate of drug-likeness (QED) is 0.761. The van der Waals surface area contributed by atoms with Crippen molar-refractivity contribution in [3.63, 3.8) is 0 Å². The van der Waals surface area contributed by atoms with Crippen molar-refractivity contribution in [1.29, 1.82) is 0 Å². The minimum atomic E-state index is 0.786. The fourth-order valence-corrected chi connectivity index (χ4v) is 1.95. The number of amidine groups is 1. The lowest BCUT2D eigenvalue weighted by molar-refractivity contribution is 0.890. The predicted octanol–water partition coefficient (Wildman–Crippen LogP) is 0.696. The molecule has 0 atom stereocenters. The second-order valence-electron chi connectivity index (χ2n) is 3.94. The largest absolute Gasteiger partial charge is 0.368 e. The Labute approximate surface area is 93.2 Å². The van der Waals surface area contributed by atoms with Crippen molar-refractivity contribution in [1.82, 2.24) is 19.9 Å². The summed E-state index contributed by atoms with van der Waals surface area (Å²) in [6.45, 7) is 5.67. The third-order valence-corrected chi connectivity index (χ3v) is 2.71. The maximum Gasteiger partial charge on any atom is 0.166 e. The number of hydrogen-bond acceptors (Lipinski definition) is 4. The maximum absolute atomic E-state index is 4.45. The number of aliphatic imine (C=N–C) groups is 1. The highest BCUT2D eigenvalue weighted by Crippen LogP contribution is 2.13. The van der Waals surface area contributed by atoms with Crippen LogP contribution in [-0.4, -0.2) is 33.5 Å². The van der Waals surface area contributed by atoms with Crippen LogP contribution in [0, 0.1) is 13.8 Å². The van der Waals surface area contributed by atoms with E-state index in [0.29, 0.717) is 0 Å². The van der Waals surface area contributed by atoms with Crippen molar-refractivity contribution in [3.05, 3.63) is 29.2 Å². The van der Waals surface area contributed by atoms with E-state index in [1.165, 1.54) is 0 Å². The fraction of sp³-hybridized carbons (Fsp3) is 0.364. The van der Waals surface area contributed by atoms with E-state index < -0.39 is 0 Å². The Kier molecular flexibility index (Phi) is 1.92. The molecule has 0 amide bonds. The first kappa shape index (κ1) is 9.33. The Hall–Kier alpha value is -1.91. The topological polar surface area (TPSA) is 54.6 Å². The number of fused-ring (bicyclic) bond motifs is 1. The zero-order valence-corrected chi connectivity index (χ0v) is 9.36. The number of aryl methyl sites for hydroxylation is 2. The van der Waals surface area contributed by atoms with E-state index >= 15 is 0 Å². The second kappa shape index (κ2) is 3.30. The first-order valence-corrected chi connectivity index (χ1v) is 5.37. The van der Waals surface area contributed by atoms with Crippen LogP contribution in [0.1, 0.15) is 17.1 Å². The molecule has 16 heavy (non-hydrogen) atoms. The molecule has 0 bridgehead atoms. The van der Waals surface area contributed by atoms with Crippen LogP contribution in [0.15, 0.2) is 17.1 Å². The van der Waals surface area contributed by atoms with E-state index in [4.69, 9.17) is 0 Å². The standard InChI is InChI=1S/C11H13N5/c1-7-3-4-9(10-12-5-6-13-10)11-14-8(2)15-16(7)11/h3-4H,5-6H2,1-2H3,(H,12,13). The van der Waals surface area contributed by atoms with Crippen molar-refractivity contribution >= 4 is 11.5 Å². The minimum absolute atomic E-state index is 0.786. The summed E-state index contributed by atoms with van der Waals surface area (Å²) in [5, 5.41) is 7.63. The molecule has 0 aromatic carbocycles. The molecule has 2 aromatic heterocycles. The summed E-state index contributed by atoms with van der Waals surface area (Å²) >= 11 is 0. The monoisotopic (exact) mass is 215 g/mol. The summed E-state index contributed by atoms with van der Waals surface area (Å²) in [5.74, 6) is 1.71. The van der Waals surface area contributed by atoms with Crippen LogP contribution in [0.5, 0.6) is 0 Å². The van der Waals surface area contributed by atoms with Gasteiger partial charge in [0.25, 0.3) is 0 Å². The zero-order chi connectivity index (χ0) is 11.1. The van der Waals surface area contributed by atoms with E-state index in [9.17, 15) is 0 Å². The molecule has 3 heterocycles. The molecule has 0 saturated carbocycles. The third-order valence-electron chi connectivity index (χ3n) is 2.71. The summed E-state index contributed by atoms with van der Waals surface area (Å²) in [4.78, 5) is 8.87. The van der Waals surface area contributed by atoms with E-state index in [1.807, 2.05) is 24.4 Å². The Morgan fingerprint density at radius 3 is 2.94 bits per heavy atom. The van der Waals surface area contributed by atoms with Crippen LogP contribution < -0.4 is 5.32 Å². The van der Waals surface area contributed by atoms with Crippen LogP contribution in [0.4, 0.5) is 0 Å². The fourth-order valence-electron chi connectivity index (χ4n) is 1.95. The molecule has 0 spiro atoms. The van der Waals surface area contributed by atoms with Gasteiger partial charge in [-0.15, -0.1) is 0 Å². The molecular formula is C11H13N5. The molecule has 0 radical (unpaired) electrons. The van der Waals surface area contributed by atoms with Gasteiger partial charge < -0.3 is 5.32 Å². The number of nitrogens with one attached hydrogen (secondary N) is 1. The summed E-state index contributed by atoms with van der Waals surface area (Å²) in [7, 11) is 0. The minimum Gasteiger partial charge on any atom is -0.368 e. The predicted molar refractivity (Wildman–Crippen MR) is 61.9 cm³/mol. The zero-order valence-electron chi connectivity index (χ0n) is 9.36. The molecule has 1 N–H and O–H groups in total. The Morgan fingerprint density at radius 1 is 1.31 bits per heavy atom. The number of hydrogen-bond donors (Lipinski definition) is 1. The number of nitrogens with zero attached hydrogens (tertiary/aromatic N) is 4. The van der Waals surface area contributed by atoms with Crippen molar-refractivity contribution < 1.29 is 0 Å². The summed E-state index contributed by atoms with van der Waals surface area (Å²) < 4.78 is 1.87. The Morgan fingerprint density at radius 2 is 2.19 bits per heavy atom. The van der Waals surface area contributed by atoms with Crippen molar-refractivity contribution in [2.24, 2.45) is 4.99 Å². The van der Waals surface area contributed by atoms with Gasteiger partial charge in [0.2, 0.25) is 0 Å². The maximum atomic E-state index is 4.45. The first-order valence-electron chi connectivity index (χ1n) is 5.37. The van der Waals surface area contributed by atoms with E-state index in [1.54, 1.807) is 0 Å². The highest BCUT2D eigenvalue weighted by atomic mass is 15.3. The number of rotatable bonds is 1. The van der Waals surface area contributed by atoms with Gasteiger partial charge in [-0.2, -0.15) is 5.10 Å². The Bertz CT molecular complexity index is 581. The molecule has 2 aromatic rings. The molecule has 1 aliphatic rings. The van der Waals surface area contributed by atoms with Crippen LogP contribution in [0.2, 0.25) is 0 Å². The summed E-state index contributed by atoms with van der Waals surface area (Å²) in [5.41, 5.74) is 2.99. The second-order valence-corrected chi connectivity index (χ2v) is 3.94. The third kappa shape index (κ3) is 1.28. The summed E-state index contributed by atoms with van der Waals surface area (Å²) in [6.07, 6.45) is 0. The summed E-state index contributed by atoms with van der Waals surface area (Å²) in [6, 6.07) is 4.09. The molecule has 0 unspecified atom stereocenters. The van der Waals surface area contributed by atoms with Crippen LogP contribution in [0.3, 0.4) is 0 Å². The molecule has 0 fully saturated rings. The van der Waals surface area contributed by atoms with Gasteiger partial charge >= 0.3 is 0 Å². The average molecular weight is 215 g/mol. The van der Waals surface area contributed by atoms with Crippen LogP contribution in [0.25, 0.3) is 5.65 Å². The van der Waals surface area contributed by atoms with Crippen molar-refractivity contribution in [2.75, 3.05) is 13.1 Å². The molecule has 5 heteroatoms.